The normalized spacial score (nSPS) is 14.2. The molecule has 2 heterocycles. The van der Waals surface area contributed by atoms with Gasteiger partial charge >= 0.3 is 0 Å². The molecule has 7 heteroatoms. The minimum absolute atomic E-state index is 0.0194. The minimum Gasteiger partial charge on any atom is -0.493 e. The average Bonchev–Trinajstić information content (AvgIpc) is 3.25. The van der Waals surface area contributed by atoms with E-state index in [1.54, 1.807) is 0 Å². The highest BCUT2D eigenvalue weighted by atomic mass is 32.1. The van der Waals surface area contributed by atoms with Gasteiger partial charge in [-0.15, -0.1) is 0 Å². The van der Waals surface area contributed by atoms with Crippen LogP contribution in [0.3, 0.4) is 0 Å². The quantitative estimate of drug-likeness (QED) is 0.662. The number of amides is 1. The molecule has 0 atom stereocenters. The molecule has 1 aliphatic heterocycles. The Hall–Kier alpha value is -2.93. The SMILES string of the molecule is CCOc1ccccc1C(=O)N1CCN(c2nc(-c3ccccc3)ns2)CC1. The third-order valence-corrected chi connectivity index (χ3v) is 5.48. The summed E-state index contributed by atoms with van der Waals surface area (Å²) in [5.74, 6) is 1.42. The van der Waals surface area contributed by atoms with Crippen molar-refractivity contribution in [1.29, 1.82) is 0 Å². The Bertz CT molecular complexity index is 936. The van der Waals surface area contributed by atoms with Crippen molar-refractivity contribution in [3.63, 3.8) is 0 Å². The van der Waals surface area contributed by atoms with Crippen LogP contribution in [-0.4, -0.2) is 53.0 Å². The summed E-state index contributed by atoms with van der Waals surface area (Å²) >= 11 is 1.41. The van der Waals surface area contributed by atoms with E-state index >= 15 is 0 Å². The van der Waals surface area contributed by atoms with E-state index in [-0.39, 0.29) is 5.91 Å². The van der Waals surface area contributed by atoms with Gasteiger partial charge in [0.2, 0.25) is 5.13 Å². The summed E-state index contributed by atoms with van der Waals surface area (Å²) in [7, 11) is 0. The number of anilines is 1. The molecular formula is C21H22N4O2S. The maximum atomic E-state index is 12.9. The molecule has 6 nitrogen and oxygen atoms in total. The molecule has 144 valence electrons. The number of aromatic nitrogens is 2. The highest BCUT2D eigenvalue weighted by Crippen LogP contribution is 2.26. The molecule has 0 radical (unpaired) electrons. The van der Waals surface area contributed by atoms with Crippen molar-refractivity contribution in [2.75, 3.05) is 37.7 Å². The second-order valence-electron chi connectivity index (χ2n) is 6.48. The van der Waals surface area contributed by atoms with Crippen molar-refractivity contribution < 1.29 is 9.53 Å². The van der Waals surface area contributed by atoms with Gasteiger partial charge in [0.15, 0.2) is 5.82 Å². The van der Waals surface area contributed by atoms with Crippen LogP contribution in [0, 0.1) is 0 Å². The first-order valence-corrected chi connectivity index (χ1v) is 10.2. The van der Waals surface area contributed by atoms with Gasteiger partial charge < -0.3 is 14.5 Å². The standard InChI is InChI=1S/C21H22N4O2S/c1-2-27-18-11-7-6-10-17(18)20(26)24-12-14-25(15-13-24)21-22-19(23-28-21)16-8-4-3-5-9-16/h3-11H,2,12-15H2,1H3. The minimum atomic E-state index is 0.0194. The Morgan fingerprint density at radius 1 is 1.04 bits per heavy atom. The Morgan fingerprint density at radius 3 is 2.50 bits per heavy atom. The number of carbonyl (C=O) groups excluding carboxylic acids is 1. The van der Waals surface area contributed by atoms with Gasteiger partial charge in [0.25, 0.3) is 5.91 Å². The number of para-hydroxylation sites is 1. The van der Waals surface area contributed by atoms with Crippen molar-refractivity contribution in [3.05, 3.63) is 60.2 Å². The Morgan fingerprint density at radius 2 is 1.75 bits per heavy atom. The lowest BCUT2D eigenvalue weighted by atomic mass is 10.1. The van der Waals surface area contributed by atoms with Crippen LogP contribution in [-0.2, 0) is 0 Å². The number of benzene rings is 2. The van der Waals surface area contributed by atoms with Gasteiger partial charge in [0.05, 0.1) is 12.2 Å². The molecule has 2 aromatic carbocycles. The molecular weight excluding hydrogens is 372 g/mol. The van der Waals surface area contributed by atoms with E-state index in [4.69, 9.17) is 4.74 Å². The zero-order chi connectivity index (χ0) is 19.3. The topological polar surface area (TPSA) is 58.6 Å². The fourth-order valence-electron chi connectivity index (χ4n) is 3.24. The number of piperazine rings is 1. The molecule has 1 saturated heterocycles. The molecule has 0 spiro atoms. The first-order chi connectivity index (χ1) is 13.8. The van der Waals surface area contributed by atoms with Crippen LogP contribution >= 0.6 is 11.5 Å². The molecule has 1 fully saturated rings. The predicted molar refractivity (Wildman–Crippen MR) is 111 cm³/mol. The predicted octanol–water partition coefficient (Wildman–Crippen LogP) is 3.57. The number of hydrogen-bond donors (Lipinski definition) is 0. The third-order valence-electron chi connectivity index (χ3n) is 4.70. The maximum Gasteiger partial charge on any atom is 0.257 e. The molecule has 0 bridgehead atoms. The van der Waals surface area contributed by atoms with Crippen molar-refractivity contribution in [3.8, 4) is 17.1 Å². The van der Waals surface area contributed by atoms with Crippen molar-refractivity contribution >= 4 is 22.6 Å². The van der Waals surface area contributed by atoms with Gasteiger partial charge in [0.1, 0.15) is 5.75 Å². The summed E-state index contributed by atoms with van der Waals surface area (Å²) in [6.45, 7) is 5.25. The van der Waals surface area contributed by atoms with Crippen LogP contribution in [0.4, 0.5) is 5.13 Å². The lowest BCUT2D eigenvalue weighted by Gasteiger charge is -2.34. The smallest absolute Gasteiger partial charge is 0.257 e. The molecule has 28 heavy (non-hydrogen) atoms. The molecule has 4 rings (SSSR count). The zero-order valence-corrected chi connectivity index (χ0v) is 16.6. The highest BCUT2D eigenvalue weighted by Gasteiger charge is 2.25. The van der Waals surface area contributed by atoms with Gasteiger partial charge in [-0.2, -0.15) is 9.36 Å². The second kappa shape index (κ2) is 8.39. The first-order valence-electron chi connectivity index (χ1n) is 9.41. The van der Waals surface area contributed by atoms with Crippen LogP contribution in [0.15, 0.2) is 54.6 Å². The average molecular weight is 395 g/mol. The van der Waals surface area contributed by atoms with Gasteiger partial charge in [-0.1, -0.05) is 42.5 Å². The van der Waals surface area contributed by atoms with Crippen LogP contribution < -0.4 is 9.64 Å². The van der Waals surface area contributed by atoms with E-state index < -0.39 is 0 Å². The maximum absolute atomic E-state index is 12.9. The van der Waals surface area contributed by atoms with E-state index in [0.29, 0.717) is 31.0 Å². The first kappa shape index (κ1) is 18.4. The van der Waals surface area contributed by atoms with E-state index in [2.05, 4.69) is 14.3 Å². The Kier molecular flexibility index (Phi) is 5.53. The van der Waals surface area contributed by atoms with Crippen LogP contribution in [0.25, 0.3) is 11.4 Å². The largest absolute Gasteiger partial charge is 0.493 e. The molecule has 0 aliphatic carbocycles. The monoisotopic (exact) mass is 394 g/mol. The fourth-order valence-corrected chi connectivity index (χ4v) is 3.98. The Labute approximate surface area is 168 Å². The second-order valence-corrected chi connectivity index (χ2v) is 7.21. The Balaban J connectivity index is 1.41. The number of carbonyl (C=O) groups is 1. The van der Waals surface area contributed by atoms with Crippen LogP contribution in [0.1, 0.15) is 17.3 Å². The van der Waals surface area contributed by atoms with E-state index in [9.17, 15) is 4.79 Å². The summed E-state index contributed by atoms with van der Waals surface area (Å²) < 4.78 is 10.1. The lowest BCUT2D eigenvalue weighted by Crippen LogP contribution is -2.48. The molecule has 0 unspecified atom stereocenters. The van der Waals surface area contributed by atoms with Crippen LogP contribution in [0.5, 0.6) is 5.75 Å². The van der Waals surface area contributed by atoms with Gasteiger partial charge in [0, 0.05) is 43.3 Å². The number of ether oxygens (including phenoxy) is 1. The van der Waals surface area contributed by atoms with E-state index in [0.717, 1.165) is 29.6 Å². The van der Waals surface area contributed by atoms with Gasteiger partial charge in [-0.25, -0.2) is 0 Å². The summed E-state index contributed by atoms with van der Waals surface area (Å²) in [5.41, 5.74) is 1.64. The van der Waals surface area contributed by atoms with Crippen molar-refractivity contribution in [2.45, 2.75) is 6.92 Å². The number of hydrogen-bond acceptors (Lipinski definition) is 6. The van der Waals surface area contributed by atoms with Crippen molar-refractivity contribution in [2.24, 2.45) is 0 Å². The third kappa shape index (κ3) is 3.84. The van der Waals surface area contributed by atoms with E-state index in [1.807, 2.05) is 66.4 Å². The summed E-state index contributed by atoms with van der Waals surface area (Å²) in [6.07, 6.45) is 0. The number of nitrogens with zero attached hydrogens (tertiary/aromatic N) is 4. The van der Waals surface area contributed by atoms with Crippen LogP contribution in [0.2, 0.25) is 0 Å². The molecule has 1 aliphatic rings. The zero-order valence-electron chi connectivity index (χ0n) is 15.7. The fraction of sp³-hybridized carbons (Fsp3) is 0.286. The van der Waals surface area contributed by atoms with Gasteiger partial charge in [-0.3, -0.25) is 4.79 Å². The molecule has 3 aromatic rings. The molecule has 1 aromatic heterocycles. The highest BCUT2D eigenvalue weighted by molar-refractivity contribution is 7.09. The summed E-state index contributed by atoms with van der Waals surface area (Å²) in [6, 6.07) is 17.4. The summed E-state index contributed by atoms with van der Waals surface area (Å²) in [4.78, 5) is 21.7. The lowest BCUT2D eigenvalue weighted by molar-refractivity contribution is 0.0742. The molecule has 1 amide bonds. The summed E-state index contributed by atoms with van der Waals surface area (Å²) in [5, 5.41) is 0.903. The molecule has 0 N–H and O–H groups in total. The van der Waals surface area contributed by atoms with E-state index in [1.165, 1.54) is 11.5 Å². The van der Waals surface area contributed by atoms with Gasteiger partial charge in [-0.05, 0) is 19.1 Å². The number of rotatable bonds is 5. The molecule has 0 saturated carbocycles. The van der Waals surface area contributed by atoms with Crippen molar-refractivity contribution in [1.82, 2.24) is 14.3 Å².